The van der Waals surface area contributed by atoms with Crippen LogP contribution in [0.15, 0.2) is 60.7 Å². The van der Waals surface area contributed by atoms with Crippen LogP contribution in [0.25, 0.3) is 0 Å². The Morgan fingerprint density at radius 2 is 1.72 bits per heavy atom. The van der Waals surface area contributed by atoms with Gasteiger partial charge in [0.15, 0.2) is 11.5 Å². The molecular formula is C24H25NO4. The third-order valence-corrected chi connectivity index (χ3v) is 4.82. The molecule has 3 rings (SSSR count). The van der Waals surface area contributed by atoms with E-state index in [1.165, 1.54) is 5.56 Å². The largest absolute Gasteiger partial charge is 0.493 e. The molecule has 0 aliphatic heterocycles. The summed E-state index contributed by atoms with van der Waals surface area (Å²) >= 11 is 0. The Hall–Kier alpha value is -3.47. The van der Waals surface area contributed by atoms with Crippen molar-refractivity contribution in [3.8, 4) is 11.5 Å². The molecule has 2 N–H and O–H groups in total. The first-order valence-electron chi connectivity index (χ1n) is 9.40. The molecule has 0 aliphatic rings. The first kappa shape index (κ1) is 20.3. The highest BCUT2D eigenvalue weighted by Crippen LogP contribution is 2.33. The number of rotatable bonds is 8. The van der Waals surface area contributed by atoms with Crippen LogP contribution in [0.2, 0.25) is 0 Å². The molecule has 29 heavy (non-hydrogen) atoms. The molecule has 0 aliphatic carbocycles. The summed E-state index contributed by atoms with van der Waals surface area (Å²) in [6.45, 7) is 4.76. The number of carboxylic acid groups (broad SMARTS) is 1. The molecule has 0 heterocycles. The molecule has 0 atom stereocenters. The average Bonchev–Trinajstić information content (AvgIpc) is 2.72. The van der Waals surface area contributed by atoms with Gasteiger partial charge in [-0.3, -0.25) is 0 Å². The van der Waals surface area contributed by atoms with Crippen LogP contribution in [0.3, 0.4) is 0 Å². The number of hydrogen-bond donors (Lipinski definition) is 2. The van der Waals surface area contributed by atoms with Gasteiger partial charge in [-0.1, -0.05) is 48.0 Å². The van der Waals surface area contributed by atoms with Crippen molar-refractivity contribution in [1.29, 1.82) is 0 Å². The molecule has 0 saturated heterocycles. The van der Waals surface area contributed by atoms with Crippen LogP contribution < -0.4 is 14.8 Å². The van der Waals surface area contributed by atoms with Crippen molar-refractivity contribution in [3.63, 3.8) is 0 Å². The Balaban J connectivity index is 1.80. The Morgan fingerprint density at radius 3 is 2.41 bits per heavy atom. The maximum atomic E-state index is 11.4. The molecular weight excluding hydrogens is 366 g/mol. The molecule has 150 valence electrons. The molecule has 5 heteroatoms. The summed E-state index contributed by atoms with van der Waals surface area (Å²) in [7, 11) is 1.62. The third-order valence-electron chi connectivity index (χ3n) is 4.82. The third kappa shape index (κ3) is 4.88. The number of para-hydroxylation sites is 1. The summed E-state index contributed by atoms with van der Waals surface area (Å²) in [5.74, 6) is 0.400. The number of methoxy groups -OCH3 is 1. The van der Waals surface area contributed by atoms with Crippen molar-refractivity contribution in [2.75, 3.05) is 12.4 Å². The van der Waals surface area contributed by atoms with Gasteiger partial charge in [-0.25, -0.2) is 4.79 Å². The average molecular weight is 391 g/mol. The van der Waals surface area contributed by atoms with E-state index in [1.807, 2.05) is 36.4 Å². The zero-order valence-electron chi connectivity index (χ0n) is 16.9. The lowest BCUT2D eigenvalue weighted by molar-refractivity contribution is 0.0696. The fourth-order valence-corrected chi connectivity index (χ4v) is 3.11. The number of ether oxygens (including phenoxy) is 2. The quantitative estimate of drug-likeness (QED) is 0.552. The molecule has 0 unspecified atom stereocenters. The number of aromatic carboxylic acids is 1. The predicted octanol–water partition coefficient (Wildman–Crippen LogP) is 5.20. The number of nitrogens with one attached hydrogen (secondary N) is 1. The molecule has 5 nitrogen and oxygen atoms in total. The fourth-order valence-electron chi connectivity index (χ4n) is 3.11. The van der Waals surface area contributed by atoms with Crippen molar-refractivity contribution in [3.05, 3.63) is 88.5 Å². The molecule has 0 saturated carbocycles. The Bertz CT molecular complexity index is 996. The van der Waals surface area contributed by atoms with Crippen LogP contribution >= 0.6 is 0 Å². The minimum Gasteiger partial charge on any atom is -0.493 e. The van der Waals surface area contributed by atoms with Gasteiger partial charge in [0.1, 0.15) is 6.61 Å². The number of anilines is 1. The monoisotopic (exact) mass is 391 g/mol. The lowest BCUT2D eigenvalue weighted by Crippen LogP contribution is -2.08. The number of carboxylic acids is 1. The minimum atomic E-state index is -0.936. The van der Waals surface area contributed by atoms with Gasteiger partial charge in [0.05, 0.1) is 12.7 Å². The van der Waals surface area contributed by atoms with E-state index in [2.05, 4.69) is 24.4 Å². The van der Waals surface area contributed by atoms with Crippen molar-refractivity contribution in [2.45, 2.75) is 27.0 Å². The van der Waals surface area contributed by atoms with E-state index in [-0.39, 0.29) is 5.56 Å². The first-order chi connectivity index (χ1) is 14.0. The summed E-state index contributed by atoms with van der Waals surface area (Å²) in [6, 6.07) is 19.2. The summed E-state index contributed by atoms with van der Waals surface area (Å²) in [5.41, 5.74) is 4.97. The second-order valence-corrected chi connectivity index (χ2v) is 6.86. The maximum Gasteiger partial charge on any atom is 0.336 e. The standard InChI is InChI=1S/C24H25NO4/c1-16-10-12-18(13-11-16)15-29-23-19(6-4-9-22(23)28-3)14-25-21-8-5-7-20(17(21)2)24(26)27/h4-13,25H,14-15H2,1-3H3,(H,26,27). The topological polar surface area (TPSA) is 67.8 Å². The van der Waals surface area contributed by atoms with Gasteiger partial charge >= 0.3 is 5.97 Å². The van der Waals surface area contributed by atoms with Crippen molar-refractivity contribution >= 4 is 11.7 Å². The van der Waals surface area contributed by atoms with Crippen molar-refractivity contribution < 1.29 is 19.4 Å². The lowest BCUT2D eigenvalue weighted by Gasteiger charge is -2.17. The van der Waals surface area contributed by atoms with Crippen LogP contribution in [-0.4, -0.2) is 18.2 Å². The van der Waals surface area contributed by atoms with Gasteiger partial charge in [0.25, 0.3) is 0 Å². The summed E-state index contributed by atoms with van der Waals surface area (Å²) in [5, 5.41) is 12.6. The van der Waals surface area contributed by atoms with Crippen LogP contribution in [0.4, 0.5) is 5.69 Å². The van der Waals surface area contributed by atoms with Gasteiger partial charge in [-0.05, 0) is 43.2 Å². The minimum absolute atomic E-state index is 0.288. The smallest absolute Gasteiger partial charge is 0.336 e. The molecule has 0 spiro atoms. The van der Waals surface area contributed by atoms with E-state index < -0.39 is 5.97 Å². The first-order valence-corrected chi connectivity index (χ1v) is 9.40. The van der Waals surface area contributed by atoms with Gasteiger partial charge in [0, 0.05) is 17.8 Å². The van der Waals surface area contributed by atoms with E-state index in [1.54, 1.807) is 26.2 Å². The highest BCUT2D eigenvalue weighted by Gasteiger charge is 2.13. The predicted molar refractivity (Wildman–Crippen MR) is 114 cm³/mol. The van der Waals surface area contributed by atoms with Crippen LogP contribution in [0, 0.1) is 13.8 Å². The molecule has 0 aromatic heterocycles. The molecule has 0 amide bonds. The second-order valence-electron chi connectivity index (χ2n) is 6.86. The Labute approximate surface area is 170 Å². The zero-order chi connectivity index (χ0) is 20.8. The van der Waals surface area contributed by atoms with Crippen molar-refractivity contribution in [2.24, 2.45) is 0 Å². The SMILES string of the molecule is COc1cccc(CNc2cccc(C(=O)O)c2C)c1OCc1ccc(C)cc1. The van der Waals surface area contributed by atoms with Crippen molar-refractivity contribution in [1.82, 2.24) is 0 Å². The van der Waals surface area contributed by atoms with E-state index in [9.17, 15) is 9.90 Å². The van der Waals surface area contributed by atoms with Gasteiger partial charge in [0.2, 0.25) is 0 Å². The molecule has 0 bridgehead atoms. The Morgan fingerprint density at radius 1 is 1.00 bits per heavy atom. The zero-order valence-corrected chi connectivity index (χ0v) is 16.9. The van der Waals surface area contributed by atoms with Gasteiger partial charge < -0.3 is 19.9 Å². The normalized spacial score (nSPS) is 10.4. The van der Waals surface area contributed by atoms with E-state index in [0.717, 1.165) is 16.8 Å². The molecule has 3 aromatic carbocycles. The highest BCUT2D eigenvalue weighted by atomic mass is 16.5. The van der Waals surface area contributed by atoms with Crippen LogP contribution in [0.1, 0.15) is 32.6 Å². The van der Waals surface area contributed by atoms with Crippen LogP contribution in [0.5, 0.6) is 11.5 Å². The van der Waals surface area contributed by atoms with Gasteiger partial charge in [-0.15, -0.1) is 0 Å². The maximum absolute atomic E-state index is 11.4. The number of benzene rings is 3. The fraction of sp³-hybridized carbons (Fsp3) is 0.208. The second kappa shape index (κ2) is 9.15. The number of carbonyl (C=O) groups is 1. The highest BCUT2D eigenvalue weighted by molar-refractivity contribution is 5.91. The van der Waals surface area contributed by atoms with E-state index in [0.29, 0.717) is 30.2 Å². The van der Waals surface area contributed by atoms with E-state index in [4.69, 9.17) is 9.47 Å². The summed E-state index contributed by atoms with van der Waals surface area (Å²) < 4.78 is 11.6. The number of aryl methyl sites for hydroxylation is 1. The van der Waals surface area contributed by atoms with Gasteiger partial charge in [-0.2, -0.15) is 0 Å². The number of hydrogen-bond acceptors (Lipinski definition) is 4. The molecule has 0 fully saturated rings. The van der Waals surface area contributed by atoms with E-state index >= 15 is 0 Å². The van der Waals surface area contributed by atoms with Crippen LogP contribution in [-0.2, 0) is 13.2 Å². The Kier molecular flexibility index (Phi) is 6.39. The molecule has 0 radical (unpaired) electrons. The summed E-state index contributed by atoms with van der Waals surface area (Å²) in [6.07, 6.45) is 0. The summed E-state index contributed by atoms with van der Waals surface area (Å²) in [4.78, 5) is 11.4. The lowest BCUT2D eigenvalue weighted by atomic mass is 10.1. The molecule has 3 aromatic rings.